The summed E-state index contributed by atoms with van der Waals surface area (Å²) in [5.41, 5.74) is 2.56. The number of nitrogens with zero attached hydrogens (tertiary/aromatic N) is 1. The molecule has 4 nitrogen and oxygen atoms in total. The van der Waals surface area contributed by atoms with E-state index in [1.54, 1.807) is 49.6 Å². The number of carbonyl (C=O) groups excluding carboxylic acids is 1. The highest BCUT2D eigenvalue weighted by Crippen LogP contribution is 2.20. The summed E-state index contributed by atoms with van der Waals surface area (Å²) in [4.78, 5) is 12.0. The van der Waals surface area contributed by atoms with Crippen LogP contribution in [0, 0.1) is 18.3 Å². The van der Waals surface area contributed by atoms with E-state index in [1.807, 2.05) is 6.92 Å². The molecule has 0 aliphatic rings. The average molecular weight is 281 g/mol. The minimum atomic E-state index is -0.443. The van der Waals surface area contributed by atoms with Crippen LogP contribution in [-0.2, 0) is 11.3 Å². The van der Waals surface area contributed by atoms with Crippen molar-refractivity contribution in [2.45, 2.75) is 13.5 Å². The van der Waals surface area contributed by atoms with Gasteiger partial charge < -0.3 is 9.47 Å². The van der Waals surface area contributed by atoms with Crippen molar-refractivity contribution in [1.82, 2.24) is 0 Å². The van der Waals surface area contributed by atoms with E-state index in [1.165, 1.54) is 0 Å². The van der Waals surface area contributed by atoms with E-state index in [0.717, 1.165) is 5.56 Å². The van der Waals surface area contributed by atoms with Crippen LogP contribution in [0.1, 0.15) is 27.0 Å². The van der Waals surface area contributed by atoms with Crippen molar-refractivity contribution in [3.63, 3.8) is 0 Å². The minimum Gasteiger partial charge on any atom is -0.496 e. The first kappa shape index (κ1) is 14.6. The van der Waals surface area contributed by atoms with Crippen LogP contribution in [0.5, 0.6) is 5.75 Å². The largest absolute Gasteiger partial charge is 0.496 e. The van der Waals surface area contributed by atoms with E-state index in [0.29, 0.717) is 22.4 Å². The molecule has 0 aliphatic carbocycles. The maximum absolute atomic E-state index is 12.0. The monoisotopic (exact) mass is 281 g/mol. The van der Waals surface area contributed by atoms with Crippen molar-refractivity contribution < 1.29 is 14.3 Å². The number of methoxy groups -OCH3 is 1. The van der Waals surface area contributed by atoms with E-state index >= 15 is 0 Å². The fraction of sp³-hybridized carbons (Fsp3) is 0.176. The number of carbonyl (C=O) groups is 1. The van der Waals surface area contributed by atoms with Crippen molar-refractivity contribution in [2.75, 3.05) is 7.11 Å². The molecule has 0 aliphatic heterocycles. The summed E-state index contributed by atoms with van der Waals surface area (Å²) < 4.78 is 10.4. The van der Waals surface area contributed by atoms with Crippen LogP contribution >= 0.6 is 0 Å². The van der Waals surface area contributed by atoms with E-state index in [4.69, 9.17) is 14.7 Å². The topological polar surface area (TPSA) is 59.3 Å². The molecule has 0 saturated carbocycles. The number of ether oxygens (including phenoxy) is 2. The lowest BCUT2D eigenvalue weighted by molar-refractivity contribution is 0.0472. The number of esters is 1. The predicted molar refractivity (Wildman–Crippen MR) is 78.0 cm³/mol. The molecule has 0 amide bonds. The third kappa shape index (κ3) is 3.40. The fourth-order valence-corrected chi connectivity index (χ4v) is 1.93. The summed E-state index contributed by atoms with van der Waals surface area (Å²) in [5, 5.41) is 8.99. The lowest BCUT2D eigenvalue weighted by Gasteiger charge is -2.09. The molecule has 0 aromatic heterocycles. The normalized spacial score (nSPS) is 9.76. The number of aryl methyl sites for hydroxylation is 1. The molecule has 0 fully saturated rings. The predicted octanol–water partition coefficient (Wildman–Crippen LogP) is 3.23. The van der Waals surface area contributed by atoms with Crippen molar-refractivity contribution in [1.29, 1.82) is 5.26 Å². The minimum absolute atomic E-state index is 0.0682. The smallest absolute Gasteiger partial charge is 0.338 e. The number of nitriles is 1. The van der Waals surface area contributed by atoms with Crippen LogP contribution < -0.4 is 4.74 Å². The van der Waals surface area contributed by atoms with Crippen LogP contribution in [0.2, 0.25) is 0 Å². The Bertz CT molecular complexity index is 701. The summed E-state index contributed by atoms with van der Waals surface area (Å²) in [6, 6.07) is 14.3. The fourth-order valence-electron chi connectivity index (χ4n) is 1.93. The Kier molecular flexibility index (Phi) is 4.57. The zero-order valence-corrected chi connectivity index (χ0v) is 11.9. The molecule has 21 heavy (non-hydrogen) atoms. The summed E-state index contributed by atoms with van der Waals surface area (Å²) in [7, 11) is 1.56. The Morgan fingerprint density at radius 3 is 2.71 bits per heavy atom. The first-order valence-corrected chi connectivity index (χ1v) is 6.45. The highest BCUT2D eigenvalue weighted by atomic mass is 16.5. The molecule has 0 unspecified atom stereocenters. The molecule has 4 heteroatoms. The van der Waals surface area contributed by atoms with Gasteiger partial charge in [-0.05, 0) is 30.7 Å². The van der Waals surface area contributed by atoms with Gasteiger partial charge in [-0.25, -0.2) is 4.79 Å². The summed E-state index contributed by atoms with van der Waals surface area (Å²) >= 11 is 0. The first-order chi connectivity index (χ1) is 10.2. The van der Waals surface area contributed by atoms with Gasteiger partial charge in [0.2, 0.25) is 0 Å². The molecule has 0 radical (unpaired) electrons. The highest BCUT2D eigenvalue weighted by molar-refractivity contribution is 5.90. The Morgan fingerprint density at radius 1 is 1.24 bits per heavy atom. The van der Waals surface area contributed by atoms with Gasteiger partial charge in [-0.2, -0.15) is 5.26 Å². The molecule has 2 rings (SSSR count). The van der Waals surface area contributed by atoms with Crippen LogP contribution in [0.25, 0.3) is 0 Å². The number of rotatable bonds is 4. The van der Waals surface area contributed by atoms with Crippen LogP contribution in [0.3, 0.4) is 0 Å². The first-order valence-electron chi connectivity index (χ1n) is 6.45. The second-order valence-corrected chi connectivity index (χ2v) is 4.53. The molecule has 106 valence electrons. The van der Waals surface area contributed by atoms with Crippen LogP contribution in [-0.4, -0.2) is 13.1 Å². The summed E-state index contributed by atoms with van der Waals surface area (Å²) in [6.07, 6.45) is 0. The maximum atomic E-state index is 12.0. The third-order valence-corrected chi connectivity index (χ3v) is 3.14. The molecule has 0 N–H and O–H groups in total. The van der Waals surface area contributed by atoms with Gasteiger partial charge in [0.1, 0.15) is 12.4 Å². The summed E-state index contributed by atoms with van der Waals surface area (Å²) in [5.74, 6) is 0.197. The van der Waals surface area contributed by atoms with E-state index in [-0.39, 0.29) is 6.61 Å². The zero-order valence-electron chi connectivity index (χ0n) is 11.9. The lowest BCUT2D eigenvalue weighted by Crippen LogP contribution is -2.06. The highest BCUT2D eigenvalue weighted by Gasteiger charge is 2.11. The molecular formula is C17H15NO3. The Balaban J connectivity index is 2.10. The molecule has 0 bridgehead atoms. The molecule has 0 spiro atoms. The van der Waals surface area contributed by atoms with Gasteiger partial charge in [0, 0.05) is 5.56 Å². The van der Waals surface area contributed by atoms with Crippen LogP contribution in [0.15, 0.2) is 42.5 Å². The molecule has 0 atom stereocenters. The lowest BCUT2D eigenvalue weighted by atomic mass is 10.1. The number of benzene rings is 2. The van der Waals surface area contributed by atoms with Gasteiger partial charge in [0.15, 0.2) is 0 Å². The zero-order chi connectivity index (χ0) is 15.2. The Hall–Kier alpha value is -2.80. The Labute approximate surface area is 123 Å². The molecule has 0 saturated heterocycles. The maximum Gasteiger partial charge on any atom is 0.338 e. The quantitative estimate of drug-likeness (QED) is 0.807. The van der Waals surface area contributed by atoms with Gasteiger partial charge in [0.25, 0.3) is 0 Å². The van der Waals surface area contributed by atoms with E-state index in [2.05, 4.69) is 6.07 Å². The molecule has 2 aromatic rings. The Morgan fingerprint density at radius 2 is 2.00 bits per heavy atom. The van der Waals surface area contributed by atoms with Gasteiger partial charge >= 0.3 is 5.97 Å². The van der Waals surface area contributed by atoms with Crippen molar-refractivity contribution >= 4 is 5.97 Å². The van der Waals surface area contributed by atoms with Gasteiger partial charge in [-0.3, -0.25) is 0 Å². The van der Waals surface area contributed by atoms with Crippen LogP contribution in [0.4, 0.5) is 0 Å². The second-order valence-electron chi connectivity index (χ2n) is 4.53. The molecular weight excluding hydrogens is 266 g/mol. The van der Waals surface area contributed by atoms with Gasteiger partial charge in [-0.1, -0.05) is 24.3 Å². The second kappa shape index (κ2) is 6.58. The van der Waals surface area contributed by atoms with E-state index in [9.17, 15) is 4.79 Å². The number of hydrogen-bond acceptors (Lipinski definition) is 4. The van der Waals surface area contributed by atoms with Gasteiger partial charge in [0.05, 0.1) is 24.3 Å². The van der Waals surface area contributed by atoms with E-state index < -0.39 is 5.97 Å². The van der Waals surface area contributed by atoms with Crippen molar-refractivity contribution in [3.05, 3.63) is 64.7 Å². The molecule has 0 heterocycles. The average Bonchev–Trinajstić information content (AvgIpc) is 2.53. The molecule has 2 aromatic carbocycles. The number of hydrogen-bond donors (Lipinski definition) is 0. The van der Waals surface area contributed by atoms with Gasteiger partial charge in [-0.15, -0.1) is 0 Å². The SMILES string of the molecule is COc1cc(C(=O)OCc2ccccc2C#N)ccc1C. The third-order valence-electron chi connectivity index (χ3n) is 3.14. The van der Waals surface area contributed by atoms with Crippen molar-refractivity contribution in [3.8, 4) is 11.8 Å². The van der Waals surface area contributed by atoms with Crippen molar-refractivity contribution in [2.24, 2.45) is 0 Å². The summed E-state index contributed by atoms with van der Waals surface area (Å²) in [6.45, 7) is 1.97. The standard InChI is InChI=1S/C17H15NO3/c1-12-7-8-13(9-16(12)20-2)17(19)21-11-15-6-4-3-5-14(15)10-18/h3-9H,11H2,1-2H3.